The van der Waals surface area contributed by atoms with E-state index in [2.05, 4.69) is 15.9 Å². The number of hydrogen-bond donors (Lipinski definition) is 0. The van der Waals surface area contributed by atoms with Crippen molar-refractivity contribution in [2.24, 2.45) is 0 Å². The van der Waals surface area contributed by atoms with Gasteiger partial charge in [0.05, 0.1) is 7.85 Å². The summed E-state index contributed by atoms with van der Waals surface area (Å²) >= 11 is 8.95. The first-order chi connectivity index (χ1) is 4.70. The molecule has 0 aromatic heterocycles. The van der Waals surface area contributed by atoms with E-state index in [1.807, 2.05) is 24.3 Å². The maximum Gasteiger partial charge on any atom is 0.0919 e. The quantitative estimate of drug-likeness (QED) is 0.499. The van der Waals surface area contributed by atoms with Crippen molar-refractivity contribution in [3.05, 3.63) is 34.9 Å². The number of hydrogen-bond acceptors (Lipinski definition) is 0. The monoisotopic (exact) mass is 214 g/mol. The maximum absolute atomic E-state index is 5.71. The van der Waals surface area contributed by atoms with Crippen LogP contribution in [0.1, 0.15) is 10.3 Å². The number of alkyl halides is 1. The van der Waals surface area contributed by atoms with E-state index >= 15 is 0 Å². The van der Waals surface area contributed by atoms with Gasteiger partial charge in [0.15, 0.2) is 0 Å². The molecule has 0 saturated carbocycles. The minimum atomic E-state index is -0.119. The van der Waals surface area contributed by atoms with Crippen LogP contribution in [0.2, 0.25) is 5.02 Å². The van der Waals surface area contributed by atoms with Crippen molar-refractivity contribution in [1.29, 1.82) is 0 Å². The molecule has 2 radical (unpaired) electrons. The fourth-order valence-electron chi connectivity index (χ4n) is 0.678. The fraction of sp³-hybridized carbons (Fsp3) is 0.143. The second kappa shape index (κ2) is 3.45. The Morgan fingerprint density at radius 2 is 2.20 bits per heavy atom. The number of rotatable bonds is 1. The van der Waals surface area contributed by atoms with Crippen molar-refractivity contribution < 1.29 is 0 Å². The summed E-state index contributed by atoms with van der Waals surface area (Å²) in [5, 5.41) is 0.715. The lowest BCUT2D eigenvalue weighted by atomic mass is 9.97. The SMILES string of the molecule is [B]C(Br)c1cccc(Cl)c1. The molecular weight excluding hydrogens is 210 g/mol. The van der Waals surface area contributed by atoms with Crippen molar-refractivity contribution in [2.75, 3.05) is 0 Å². The van der Waals surface area contributed by atoms with E-state index in [9.17, 15) is 0 Å². The van der Waals surface area contributed by atoms with Gasteiger partial charge in [0.1, 0.15) is 0 Å². The highest BCUT2D eigenvalue weighted by Gasteiger charge is 1.98. The van der Waals surface area contributed by atoms with E-state index in [-0.39, 0.29) is 4.73 Å². The highest BCUT2D eigenvalue weighted by molar-refractivity contribution is 9.09. The van der Waals surface area contributed by atoms with Crippen LogP contribution in [0.15, 0.2) is 24.3 Å². The molecule has 0 spiro atoms. The summed E-state index contributed by atoms with van der Waals surface area (Å²) in [5.74, 6) is 0. The highest BCUT2D eigenvalue weighted by Crippen LogP contribution is 2.21. The summed E-state index contributed by atoms with van der Waals surface area (Å²) in [6.07, 6.45) is 0. The van der Waals surface area contributed by atoms with Crippen LogP contribution in [0.3, 0.4) is 0 Å². The van der Waals surface area contributed by atoms with E-state index in [0.717, 1.165) is 5.56 Å². The molecule has 1 aromatic rings. The zero-order valence-corrected chi connectivity index (χ0v) is 7.56. The molecule has 1 aromatic carbocycles. The lowest BCUT2D eigenvalue weighted by Crippen LogP contribution is -1.86. The molecule has 0 N–H and O–H groups in total. The molecule has 10 heavy (non-hydrogen) atoms. The van der Waals surface area contributed by atoms with Crippen molar-refractivity contribution in [1.82, 2.24) is 0 Å². The Balaban J connectivity index is 2.96. The molecule has 0 fully saturated rings. The lowest BCUT2D eigenvalue weighted by molar-refractivity contribution is 1.39. The molecule has 1 rings (SSSR count). The molecule has 0 heterocycles. The van der Waals surface area contributed by atoms with E-state index < -0.39 is 0 Å². The van der Waals surface area contributed by atoms with Crippen LogP contribution >= 0.6 is 27.5 Å². The van der Waals surface area contributed by atoms with Gasteiger partial charge in [-0.1, -0.05) is 39.7 Å². The standard InChI is InChI=1S/C7H5BBrCl/c8-7(9)5-2-1-3-6(10)4-5/h1-4,7H. The molecule has 0 aliphatic rings. The molecule has 3 heteroatoms. The first kappa shape index (κ1) is 8.15. The molecule has 1 atom stereocenters. The van der Waals surface area contributed by atoms with Gasteiger partial charge in [0, 0.05) is 9.75 Å². The molecule has 0 aliphatic carbocycles. The second-order valence-electron chi connectivity index (χ2n) is 1.96. The normalized spacial score (nSPS) is 13.0. The van der Waals surface area contributed by atoms with Gasteiger partial charge in [-0.2, -0.15) is 0 Å². The van der Waals surface area contributed by atoms with Gasteiger partial charge in [-0.25, -0.2) is 0 Å². The summed E-state index contributed by atoms with van der Waals surface area (Å²) in [6.45, 7) is 0. The maximum atomic E-state index is 5.71. The predicted molar refractivity (Wildman–Crippen MR) is 48.9 cm³/mol. The average Bonchev–Trinajstić information content (AvgIpc) is 1.88. The van der Waals surface area contributed by atoms with Crippen molar-refractivity contribution in [3.63, 3.8) is 0 Å². The molecule has 0 saturated heterocycles. The van der Waals surface area contributed by atoms with E-state index in [0.29, 0.717) is 5.02 Å². The van der Waals surface area contributed by atoms with Crippen molar-refractivity contribution >= 4 is 35.4 Å². The lowest BCUT2D eigenvalue weighted by Gasteiger charge is -2.02. The van der Waals surface area contributed by atoms with Gasteiger partial charge in [0.2, 0.25) is 0 Å². The van der Waals surface area contributed by atoms with E-state index in [4.69, 9.17) is 19.4 Å². The molecule has 0 nitrogen and oxygen atoms in total. The smallest absolute Gasteiger partial charge is 0.0919 e. The van der Waals surface area contributed by atoms with Crippen LogP contribution in [-0.4, -0.2) is 7.85 Å². The largest absolute Gasteiger partial charge is 0.0946 e. The van der Waals surface area contributed by atoms with Crippen LogP contribution in [0, 0.1) is 0 Å². The zero-order valence-electron chi connectivity index (χ0n) is 5.22. The van der Waals surface area contributed by atoms with Crippen LogP contribution in [-0.2, 0) is 0 Å². The van der Waals surface area contributed by atoms with Gasteiger partial charge < -0.3 is 0 Å². The van der Waals surface area contributed by atoms with Crippen LogP contribution in [0.25, 0.3) is 0 Å². The van der Waals surface area contributed by atoms with Gasteiger partial charge in [-0.05, 0) is 17.7 Å². The first-order valence-corrected chi connectivity index (χ1v) is 4.14. The zero-order chi connectivity index (χ0) is 7.56. The highest BCUT2D eigenvalue weighted by atomic mass is 79.9. The van der Waals surface area contributed by atoms with Crippen molar-refractivity contribution in [3.8, 4) is 0 Å². The molecular formula is C7H5BBrCl. The molecule has 1 unspecified atom stereocenters. The Kier molecular flexibility index (Phi) is 2.81. The summed E-state index contributed by atoms with van der Waals surface area (Å²) in [4.78, 5) is 0. The second-order valence-corrected chi connectivity index (χ2v) is 3.38. The number of halogens is 2. The molecule has 0 aliphatic heterocycles. The third kappa shape index (κ3) is 2.03. The fourth-order valence-corrected chi connectivity index (χ4v) is 1.16. The Morgan fingerprint density at radius 3 is 2.60 bits per heavy atom. The molecule has 0 amide bonds. The van der Waals surface area contributed by atoms with Gasteiger partial charge in [-0.15, -0.1) is 0 Å². The Bertz CT molecular complexity index is 225. The Hall–Kier alpha value is 0.0549. The van der Waals surface area contributed by atoms with E-state index in [1.54, 1.807) is 0 Å². The average molecular weight is 215 g/mol. The first-order valence-electron chi connectivity index (χ1n) is 2.85. The third-order valence-electron chi connectivity index (χ3n) is 1.17. The topological polar surface area (TPSA) is 0 Å². The Morgan fingerprint density at radius 1 is 1.50 bits per heavy atom. The molecule has 50 valence electrons. The van der Waals surface area contributed by atoms with Crippen molar-refractivity contribution in [2.45, 2.75) is 4.73 Å². The number of benzene rings is 1. The third-order valence-corrected chi connectivity index (χ3v) is 1.93. The van der Waals surface area contributed by atoms with Crippen LogP contribution < -0.4 is 0 Å². The van der Waals surface area contributed by atoms with Gasteiger partial charge >= 0.3 is 0 Å². The van der Waals surface area contributed by atoms with E-state index in [1.165, 1.54) is 0 Å². The summed E-state index contributed by atoms with van der Waals surface area (Å²) in [7, 11) is 5.54. The van der Waals surface area contributed by atoms with Gasteiger partial charge in [0.25, 0.3) is 0 Å². The summed E-state index contributed by atoms with van der Waals surface area (Å²) in [6, 6.07) is 7.45. The minimum Gasteiger partial charge on any atom is -0.0946 e. The minimum absolute atomic E-state index is 0.119. The Labute approximate surface area is 75.1 Å². The predicted octanol–water partition coefficient (Wildman–Crippen LogP) is 2.90. The van der Waals surface area contributed by atoms with Crippen LogP contribution in [0.5, 0.6) is 0 Å². The van der Waals surface area contributed by atoms with Crippen LogP contribution in [0.4, 0.5) is 0 Å². The van der Waals surface area contributed by atoms with Gasteiger partial charge in [-0.3, -0.25) is 0 Å². The summed E-state index contributed by atoms with van der Waals surface area (Å²) < 4.78 is -0.119. The summed E-state index contributed by atoms with van der Waals surface area (Å²) in [5.41, 5.74) is 0.993. The molecule has 0 bridgehead atoms.